The van der Waals surface area contributed by atoms with Gasteiger partial charge < -0.3 is 13.5 Å². The standard InChI is InChI=1S/C23H38BrO5PSi/c1-16(2)31(17(3)4,18(5)6)29-23(30(26,27-8)28-9)15-19(7)14-22(25)20-10-12-21(24)13-11-20/h10-13,15-19H,14H2,1-9H3/b23-15+. The van der Waals surface area contributed by atoms with E-state index in [2.05, 4.69) is 57.5 Å². The third kappa shape index (κ3) is 6.88. The zero-order valence-corrected chi connectivity index (χ0v) is 23.8. The van der Waals surface area contributed by atoms with Gasteiger partial charge in [-0.2, -0.15) is 0 Å². The molecule has 0 saturated heterocycles. The van der Waals surface area contributed by atoms with E-state index in [4.69, 9.17) is 13.5 Å². The maximum atomic E-state index is 13.4. The fourth-order valence-corrected chi connectivity index (χ4v) is 11.6. The molecule has 5 nitrogen and oxygen atoms in total. The third-order valence-corrected chi connectivity index (χ3v) is 14.3. The summed E-state index contributed by atoms with van der Waals surface area (Å²) in [4.78, 5) is 12.7. The minimum absolute atomic E-state index is 0.0142. The van der Waals surface area contributed by atoms with Gasteiger partial charge in [0, 0.05) is 30.7 Å². The van der Waals surface area contributed by atoms with Gasteiger partial charge in [-0.15, -0.1) is 0 Å². The summed E-state index contributed by atoms with van der Waals surface area (Å²) in [5.74, 6) is -0.191. The summed E-state index contributed by atoms with van der Waals surface area (Å²) in [7, 11) is -3.30. The van der Waals surface area contributed by atoms with Gasteiger partial charge >= 0.3 is 7.60 Å². The number of benzene rings is 1. The molecule has 0 N–H and O–H groups in total. The largest absolute Gasteiger partial charge is 0.537 e. The Labute approximate surface area is 197 Å². The highest BCUT2D eigenvalue weighted by Crippen LogP contribution is 2.58. The normalized spacial score (nSPS) is 14.4. The predicted molar refractivity (Wildman–Crippen MR) is 134 cm³/mol. The van der Waals surface area contributed by atoms with Crippen molar-refractivity contribution in [2.24, 2.45) is 5.92 Å². The van der Waals surface area contributed by atoms with E-state index in [0.29, 0.717) is 5.56 Å². The van der Waals surface area contributed by atoms with Crippen LogP contribution in [0.25, 0.3) is 0 Å². The molecule has 1 atom stereocenters. The van der Waals surface area contributed by atoms with Gasteiger partial charge in [0.05, 0.1) is 0 Å². The van der Waals surface area contributed by atoms with Crippen molar-refractivity contribution >= 4 is 37.6 Å². The molecule has 31 heavy (non-hydrogen) atoms. The van der Waals surface area contributed by atoms with Crippen LogP contribution in [0, 0.1) is 5.92 Å². The van der Waals surface area contributed by atoms with Crippen LogP contribution in [0.5, 0.6) is 0 Å². The first-order valence-electron chi connectivity index (χ1n) is 10.8. The first-order chi connectivity index (χ1) is 14.3. The molecular formula is C23H38BrO5PSi. The molecule has 0 radical (unpaired) electrons. The molecular weight excluding hydrogens is 495 g/mol. The Morgan fingerprint density at radius 3 is 1.81 bits per heavy atom. The van der Waals surface area contributed by atoms with Crippen LogP contribution >= 0.6 is 23.5 Å². The number of rotatable bonds is 12. The lowest BCUT2D eigenvalue weighted by Gasteiger charge is -2.43. The van der Waals surface area contributed by atoms with Gasteiger partial charge in [0.15, 0.2) is 11.3 Å². The Morgan fingerprint density at radius 2 is 1.42 bits per heavy atom. The number of hydrogen-bond acceptors (Lipinski definition) is 5. The molecule has 1 unspecified atom stereocenters. The Bertz CT molecular complexity index is 775. The van der Waals surface area contributed by atoms with Gasteiger partial charge in [0.1, 0.15) is 0 Å². The van der Waals surface area contributed by atoms with E-state index in [0.717, 1.165) is 4.47 Å². The van der Waals surface area contributed by atoms with Crippen molar-refractivity contribution in [2.45, 2.75) is 71.5 Å². The smallest absolute Gasteiger partial charge is 0.393 e. The summed E-state index contributed by atoms with van der Waals surface area (Å²) in [5.41, 5.74) is 1.74. The van der Waals surface area contributed by atoms with Crippen molar-refractivity contribution < 1.29 is 22.8 Å². The SMILES string of the molecule is COP(=O)(OC)/C(=C/C(C)CC(=O)c1ccc(Br)cc1)O[Si](C(C)C)(C(C)C)C(C)C. The van der Waals surface area contributed by atoms with E-state index < -0.39 is 15.9 Å². The number of carbonyl (C=O) groups is 1. The molecule has 0 spiro atoms. The van der Waals surface area contributed by atoms with E-state index in [9.17, 15) is 9.36 Å². The molecule has 0 amide bonds. The second kappa shape index (κ2) is 11.9. The second-order valence-corrected chi connectivity index (χ2v) is 17.4. The topological polar surface area (TPSA) is 61.8 Å². The molecule has 0 aromatic heterocycles. The van der Waals surface area contributed by atoms with Gasteiger partial charge in [-0.1, -0.05) is 76.5 Å². The fraction of sp³-hybridized carbons (Fsp3) is 0.609. The number of allylic oxidation sites excluding steroid dienone is 1. The lowest BCUT2D eigenvalue weighted by Crippen LogP contribution is -2.47. The first-order valence-corrected chi connectivity index (χ1v) is 15.2. The average Bonchev–Trinajstić information content (AvgIpc) is 2.69. The molecule has 0 aliphatic carbocycles. The lowest BCUT2D eigenvalue weighted by molar-refractivity contribution is 0.0971. The van der Waals surface area contributed by atoms with Crippen LogP contribution in [-0.2, 0) is 18.0 Å². The Kier molecular flexibility index (Phi) is 10.9. The maximum Gasteiger partial charge on any atom is 0.393 e. The highest BCUT2D eigenvalue weighted by molar-refractivity contribution is 9.10. The van der Waals surface area contributed by atoms with Gasteiger partial charge in [-0.25, -0.2) is 0 Å². The van der Waals surface area contributed by atoms with Crippen LogP contribution in [0.15, 0.2) is 40.3 Å². The van der Waals surface area contributed by atoms with Gasteiger partial charge in [-0.05, 0) is 40.8 Å². The van der Waals surface area contributed by atoms with Crippen LogP contribution in [-0.4, -0.2) is 28.3 Å². The fourth-order valence-electron chi connectivity index (χ4n) is 4.32. The number of hydrogen-bond donors (Lipinski definition) is 0. The van der Waals surface area contributed by atoms with E-state index >= 15 is 0 Å². The van der Waals surface area contributed by atoms with Crippen LogP contribution in [0.2, 0.25) is 16.6 Å². The van der Waals surface area contributed by atoms with E-state index in [-0.39, 0.29) is 40.2 Å². The summed E-state index contributed by atoms with van der Waals surface area (Å²) in [6.45, 7) is 14.9. The van der Waals surface area contributed by atoms with Gasteiger partial charge in [0.25, 0.3) is 8.32 Å². The molecule has 0 fully saturated rings. The molecule has 8 heteroatoms. The molecule has 0 aliphatic heterocycles. The molecule has 1 aromatic carbocycles. The van der Waals surface area contributed by atoms with Gasteiger partial charge in [-0.3, -0.25) is 9.36 Å². The number of ketones is 1. The monoisotopic (exact) mass is 532 g/mol. The minimum atomic E-state index is -3.63. The lowest BCUT2D eigenvalue weighted by atomic mass is 10.00. The summed E-state index contributed by atoms with van der Waals surface area (Å²) < 4.78 is 31.7. The maximum absolute atomic E-state index is 13.4. The summed E-state index contributed by atoms with van der Waals surface area (Å²) in [6, 6.07) is 7.29. The van der Waals surface area contributed by atoms with Crippen molar-refractivity contribution in [1.82, 2.24) is 0 Å². The highest BCUT2D eigenvalue weighted by Gasteiger charge is 2.49. The van der Waals surface area contributed by atoms with Crippen molar-refractivity contribution in [1.29, 1.82) is 0 Å². The minimum Gasteiger partial charge on any atom is -0.537 e. The van der Waals surface area contributed by atoms with Gasteiger partial charge in [0.2, 0.25) is 0 Å². The molecule has 1 rings (SSSR count). The zero-order valence-electron chi connectivity index (χ0n) is 20.3. The van der Waals surface area contributed by atoms with Crippen LogP contribution in [0.1, 0.15) is 65.2 Å². The quantitative estimate of drug-likeness (QED) is 0.117. The van der Waals surface area contributed by atoms with Crippen molar-refractivity contribution in [3.8, 4) is 0 Å². The van der Waals surface area contributed by atoms with E-state index in [1.807, 2.05) is 19.1 Å². The average molecular weight is 534 g/mol. The van der Waals surface area contributed by atoms with E-state index in [1.54, 1.807) is 18.2 Å². The van der Waals surface area contributed by atoms with Crippen molar-refractivity contribution in [3.63, 3.8) is 0 Å². The van der Waals surface area contributed by atoms with Crippen LogP contribution < -0.4 is 0 Å². The predicted octanol–water partition coefficient (Wildman–Crippen LogP) is 8.18. The second-order valence-electron chi connectivity index (χ2n) is 8.90. The number of carbonyl (C=O) groups excluding carboxylic acids is 1. The summed E-state index contributed by atoms with van der Waals surface area (Å²) in [6.07, 6.45) is 2.03. The molecule has 176 valence electrons. The van der Waals surface area contributed by atoms with Crippen LogP contribution in [0.4, 0.5) is 0 Å². The molecule has 0 saturated carbocycles. The number of halogens is 1. The third-order valence-electron chi connectivity index (χ3n) is 5.84. The first kappa shape index (κ1) is 28.3. The van der Waals surface area contributed by atoms with E-state index in [1.165, 1.54) is 14.2 Å². The Balaban J connectivity index is 3.34. The molecule has 1 aromatic rings. The summed E-state index contributed by atoms with van der Waals surface area (Å²) in [5, 5.41) is 0. The number of Topliss-reactive ketones (excluding diaryl/α,β-unsaturated/α-hetero) is 1. The molecule has 0 bridgehead atoms. The molecule has 0 heterocycles. The Morgan fingerprint density at radius 1 is 0.968 bits per heavy atom. The Hall–Kier alpha value is -0.723. The summed E-state index contributed by atoms with van der Waals surface area (Å²) >= 11 is 3.39. The van der Waals surface area contributed by atoms with Crippen molar-refractivity contribution in [2.75, 3.05) is 14.2 Å². The zero-order chi connectivity index (χ0) is 24.0. The van der Waals surface area contributed by atoms with Crippen LogP contribution in [0.3, 0.4) is 0 Å². The highest BCUT2D eigenvalue weighted by atomic mass is 79.9. The van der Waals surface area contributed by atoms with Crippen molar-refractivity contribution in [3.05, 3.63) is 45.9 Å². The molecule has 0 aliphatic rings.